The smallest absolute Gasteiger partial charge is 0.0741 e. The molecule has 2 rings (SSSR count). The van der Waals surface area contributed by atoms with E-state index < -0.39 is 0 Å². The number of ether oxygens (including phenoxy) is 2. The second-order valence-corrected chi connectivity index (χ2v) is 6.58. The van der Waals surface area contributed by atoms with Gasteiger partial charge in [0.05, 0.1) is 5.60 Å². The first kappa shape index (κ1) is 16.2. The Balaban J connectivity index is 1.86. The van der Waals surface area contributed by atoms with Gasteiger partial charge in [-0.1, -0.05) is 13.8 Å². The van der Waals surface area contributed by atoms with Crippen LogP contribution in [-0.4, -0.2) is 49.7 Å². The lowest BCUT2D eigenvalue weighted by Gasteiger charge is -2.44. The van der Waals surface area contributed by atoms with E-state index in [1.165, 1.54) is 0 Å². The fraction of sp³-hybridized carbons (Fsp3) is 1.00. The molecule has 4 heteroatoms. The highest BCUT2D eigenvalue weighted by Gasteiger charge is 2.39. The molecule has 1 spiro atoms. The van der Waals surface area contributed by atoms with Gasteiger partial charge in [-0.3, -0.25) is 0 Å². The van der Waals surface area contributed by atoms with Gasteiger partial charge in [-0.15, -0.1) is 0 Å². The van der Waals surface area contributed by atoms with Crippen molar-refractivity contribution >= 4 is 0 Å². The Hall–Kier alpha value is -0.160. The Kier molecular flexibility index (Phi) is 5.84. The summed E-state index contributed by atoms with van der Waals surface area (Å²) < 4.78 is 11.5. The quantitative estimate of drug-likeness (QED) is 0.785. The van der Waals surface area contributed by atoms with Gasteiger partial charge in [0.2, 0.25) is 0 Å². The van der Waals surface area contributed by atoms with Gasteiger partial charge < -0.3 is 19.9 Å². The van der Waals surface area contributed by atoms with E-state index in [1.54, 1.807) is 0 Å². The molecule has 4 nitrogen and oxygen atoms in total. The molecule has 2 N–H and O–H groups in total. The number of aliphatic hydroxyl groups excluding tert-OH is 1. The van der Waals surface area contributed by atoms with Crippen LogP contribution in [0.2, 0.25) is 0 Å². The van der Waals surface area contributed by atoms with Crippen molar-refractivity contribution in [3.8, 4) is 0 Å². The summed E-state index contributed by atoms with van der Waals surface area (Å²) in [6.07, 6.45) is 6.27. The van der Waals surface area contributed by atoms with Crippen LogP contribution in [0.25, 0.3) is 0 Å². The second kappa shape index (κ2) is 7.21. The van der Waals surface area contributed by atoms with E-state index in [2.05, 4.69) is 19.2 Å². The standard InChI is InChI=1S/C16H31NO3/c1-3-15(4-2,13-18)12-17-14-5-8-20-16(11-14)6-9-19-10-7-16/h14,17-18H,3-13H2,1-2H3. The SMILES string of the molecule is CCC(CC)(CO)CNC1CCOC2(CCOCC2)C1. The van der Waals surface area contributed by atoms with Gasteiger partial charge in [0.15, 0.2) is 0 Å². The van der Waals surface area contributed by atoms with Crippen molar-refractivity contribution in [2.75, 3.05) is 33.0 Å². The maximum atomic E-state index is 9.67. The third-order valence-corrected chi connectivity index (χ3v) is 5.50. The number of hydrogen-bond acceptors (Lipinski definition) is 4. The zero-order valence-electron chi connectivity index (χ0n) is 13.1. The molecule has 0 radical (unpaired) electrons. The van der Waals surface area contributed by atoms with Gasteiger partial charge in [0.25, 0.3) is 0 Å². The van der Waals surface area contributed by atoms with E-state index >= 15 is 0 Å². The fourth-order valence-corrected chi connectivity index (χ4v) is 3.43. The van der Waals surface area contributed by atoms with Crippen molar-refractivity contribution in [2.45, 2.75) is 64.0 Å². The Morgan fingerprint density at radius 3 is 2.50 bits per heavy atom. The molecule has 2 aliphatic heterocycles. The highest BCUT2D eigenvalue weighted by Crippen LogP contribution is 2.34. The lowest BCUT2D eigenvalue weighted by molar-refractivity contribution is -0.140. The van der Waals surface area contributed by atoms with E-state index in [9.17, 15) is 5.11 Å². The normalized spacial score (nSPS) is 26.9. The molecule has 0 aromatic carbocycles. The summed E-state index contributed by atoms with van der Waals surface area (Å²) in [4.78, 5) is 0. The van der Waals surface area contributed by atoms with Crippen LogP contribution >= 0.6 is 0 Å². The van der Waals surface area contributed by atoms with Crippen molar-refractivity contribution in [3.63, 3.8) is 0 Å². The minimum absolute atomic E-state index is 0.0428. The molecular formula is C16H31NO3. The first-order chi connectivity index (χ1) is 9.67. The molecule has 0 saturated carbocycles. The molecule has 2 aliphatic rings. The van der Waals surface area contributed by atoms with E-state index in [0.717, 1.165) is 64.9 Å². The fourth-order valence-electron chi connectivity index (χ4n) is 3.43. The summed E-state index contributed by atoms with van der Waals surface area (Å²) in [7, 11) is 0. The minimum Gasteiger partial charge on any atom is -0.396 e. The number of rotatable bonds is 6. The molecule has 118 valence electrons. The summed E-state index contributed by atoms with van der Waals surface area (Å²) in [5.41, 5.74) is 0.0929. The molecule has 0 aliphatic carbocycles. The van der Waals surface area contributed by atoms with Crippen molar-refractivity contribution in [1.29, 1.82) is 0 Å². The van der Waals surface area contributed by atoms with Gasteiger partial charge in [-0.05, 0) is 38.5 Å². The highest BCUT2D eigenvalue weighted by atomic mass is 16.5. The van der Waals surface area contributed by atoms with Crippen LogP contribution in [0.1, 0.15) is 52.4 Å². The lowest BCUT2D eigenvalue weighted by atomic mass is 9.81. The number of hydrogen-bond donors (Lipinski definition) is 2. The molecule has 0 aromatic heterocycles. The Morgan fingerprint density at radius 1 is 1.20 bits per heavy atom. The molecule has 20 heavy (non-hydrogen) atoms. The summed E-state index contributed by atoms with van der Waals surface area (Å²) in [5.74, 6) is 0. The molecule has 0 bridgehead atoms. The van der Waals surface area contributed by atoms with Gasteiger partial charge in [0, 0.05) is 44.4 Å². The molecule has 2 fully saturated rings. The van der Waals surface area contributed by atoms with Crippen molar-refractivity contribution in [2.24, 2.45) is 5.41 Å². The van der Waals surface area contributed by atoms with Crippen LogP contribution in [0.5, 0.6) is 0 Å². The van der Waals surface area contributed by atoms with Gasteiger partial charge >= 0.3 is 0 Å². The zero-order valence-corrected chi connectivity index (χ0v) is 13.1. The second-order valence-electron chi connectivity index (χ2n) is 6.58. The first-order valence-corrected chi connectivity index (χ1v) is 8.23. The molecule has 1 unspecified atom stereocenters. The average molecular weight is 285 g/mol. The molecule has 2 heterocycles. The summed E-state index contributed by atoms with van der Waals surface area (Å²) in [6, 6.07) is 0.519. The van der Waals surface area contributed by atoms with E-state index in [4.69, 9.17) is 9.47 Å². The largest absolute Gasteiger partial charge is 0.396 e. The average Bonchev–Trinajstić information content (AvgIpc) is 2.50. The van der Waals surface area contributed by atoms with Crippen LogP contribution in [0, 0.1) is 5.41 Å². The Bertz CT molecular complexity index is 272. The van der Waals surface area contributed by atoms with Crippen LogP contribution in [0.3, 0.4) is 0 Å². The van der Waals surface area contributed by atoms with Crippen LogP contribution < -0.4 is 5.32 Å². The van der Waals surface area contributed by atoms with Gasteiger partial charge in [-0.2, -0.15) is 0 Å². The van der Waals surface area contributed by atoms with E-state index in [-0.39, 0.29) is 17.6 Å². The maximum Gasteiger partial charge on any atom is 0.0741 e. The number of aliphatic hydroxyl groups is 1. The number of nitrogens with one attached hydrogen (secondary N) is 1. The summed E-state index contributed by atoms with van der Waals surface area (Å²) >= 11 is 0. The molecular weight excluding hydrogens is 254 g/mol. The van der Waals surface area contributed by atoms with Gasteiger partial charge in [0.1, 0.15) is 0 Å². The van der Waals surface area contributed by atoms with Crippen LogP contribution in [-0.2, 0) is 9.47 Å². The van der Waals surface area contributed by atoms with Crippen molar-refractivity contribution in [1.82, 2.24) is 5.32 Å². The predicted molar refractivity (Wildman–Crippen MR) is 79.9 cm³/mol. The van der Waals surface area contributed by atoms with E-state index in [0.29, 0.717) is 6.04 Å². The van der Waals surface area contributed by atoms with Crippen molar-refractivity contribution < 1.29 is 14.6 Å². The predicted octanol–water partition coefficient (Wildman–Crippen LogP) is 2.10. The summed E-state index contributed by atoms with van der Waals surface area (Å²) in [5, 5.41) is 13.4. The molecule has 0 aromatic rings. The maximum absolute atomic E-state index is 9.67. The first-order valence-electron chi connectivity index (χ1n) is 8.23. The highest BCUT2D eigenvalue weighted by molar-refractivity contribution is 4.92. The Morgan fingerprint density at radius 2 is 1.90 bits per heavy atom. The monoisotopic (exact) mass is 285 g/mol. The third-order valence-electron chi connectivity index (χ3n) is 5.50. The van der Waals surface area contributed by atoms with E-state index in [1.807, 2.05) is 0 Å². The Labute approximate surface area is 123 Å². The molecule has 2 saturated heterocycles. The van der Waals surface area contributed by atoms with Crippen LogP contribution in [0.15, 0.2) is 0 Å². The molecule has 1 atom stereocenters. The molecule has 0 amide bonds. The third kappa shape index (κ3) is 3.73. The van der Waals surface area contributed by atoms with Crippen LogP contribution in [0.4, 0.5) is 0 Å². The van der Waals surface area contributed by atoms with Gasteiger partial charge in [-0.25, -0.2) is 0 Å². The van der Waals surface area contributed by atoms with Crippen molar-refractivity contribution in [3.05, 3.63) is 0 Å². The zero-order chi connectivity index (χ0) is 14.5. The lowest BCUT2D eigenvalue weighted by Crippen LogP contribution is -2.51. The topological polar surface area (TPSA) is 50.7 Å². The summed E-state index contributed by atoms with van der Waals surface area (Å²) in [6.45, 7) is 8.04. The minimum atomic E-state index is 0.0428.